The van der Waals surface area contributed by atoms with E-state index in [2.05, 4.69) is 38.8 Å². The molecule has 5 nitrogen and oxygen atoms in total. The maximum Gasteiger partial charge on any atom is 0.141 e. The van der Waals surface area contributed by atoms with Gasteiger partial charge in [0.25, 0.3) is 0 Å². The van der Waals surface area contributed by atoms with Crippen molar-refractivity contribution in [2.24, 2.45) is 0 Å². The third-order valence-corrected chi connectivity index (χ3v) is 5.56. The van der Waals surface area contributed by atoms with Crippen LogP contribution in [0, 0.1) is 0 Å². The molecule has 3 rings (SSSR count). The van der Waals surface area contributed by atoms with Crippen molar-refractivity contribution < 1.29 is 4.74 Å². The molecule has 1 atom stereocenters. The van der Waals surface area contributed by atoms with Crippen molar-refractivity contribution in [3.63, 3.8) is 0 Å². The van der Waals surface area contributed by atoms with E-state index in [9.17, 15) is 0 Å². The van der Waals surface area contributed by atoms with Gasteiger partial charge < -0.3 is 10.1 Å². The van der Waals surface area contributed by atoms with Gasteiger partial charge in [-0.1, -0.05) is 6.92 Å². The predicted molar refractivity (Wildman–Crippen MR) is 85.5 cm³/mol. The molecule has 1 spiro atoms. The predicted octanol–water partition coefficient (Wildman–Crippen LogP) is 2.40. The second-order valence-electron chi connectivity index (χ2n) is 6.09. The van der Waals surface area contributed by atoms with E-state index in [0.29, 0.717) is 6.04 Å². The number of aromatic nitrogens is 3. The molecule has 118 valence electrons. The maximum atomic E-state index is 6.18. The molecular weight excluding hydrogens is 284 g/mol. The van der Waals surface area contributed by atoms with Crippen molar-refractivity contribution in [3.8, 4) is 0 Å². The largest absolute Gasteiger partial charge is 0.375 e. The summed E-state index contributed by atoms with van der Waals surface area (Å²) in [7, 11) is 0. The van der Waals surface area contributed by atoms with Crippen LogP contribution in [0.2, 0.25) is 0 Å². The Morgan fingerprint density at radius 1 is 1.48 bits per heavy atom. The van der Waals surface area contributed by atoms with Gasteiger partial charge in [-0.25, -0.2) is 9.67 Å². The first-order valence-electron chi connectivity index (χ1n) is 8.14. The highest BCUT2D eigenvalue weighted by atomic mass is 32.2. The molecule has 0 amide bonds. The number of nitrogens with one attached hydrogen (secondary N) is 1. The molecule has 0 bridgehead atoms. The second kappa shape index (κ2) is 7.11. The molecule has 0 radical (unpaired) electrons. The van der Waals surface area contributed by atoms with Gasteiger partial charge in [0.1, 0.15) is 12.2 Å². The molecule has 1 unspecified atom stereocenters. The van der Waals surface area contributed by atoms with E-state index in [1.807, 2.05) is 0 Å². The summed E-state index contributed by atoms with van der Waals surface area (Å²) >= 11 is 2.05. The molecule has 0 aliphatic carbocycles. The van der Waals surface area contributed by atoms with Crippen LogP contribution < -0.4 is 5.32 Å². The Morgan fingerprint density at radius 3 is 3.14 bits per heavy atom. The molecule has 0 aromatic carbocycles. The van der Waals surface area contributed by atoms with E-state index in [4.69, 9.17) is 4.74 Å². The molecule has 1 aromatic rings. The lowest BCUT2D eigenvalue weighted by Crippen LogP contribution is -2.43. The molecule has 2 aliphatic heterocycles. The van der Waals surface area contributed by atoms with E-state index < -0.39 is 0 Å². The Balaban J connectivity index is 1.67. The van der Waals surface area contributed by atoms with Gasteiger partial charge in [0.05, 0.1) is 18.2 Å². The molecular formula is C15H26N4OS. The second-order valence-corrected chi connectivity index (χ2v) is 7.31. The van der Waals surface area contributed by atoms with E-state index in [1.165, 1.54) is 24.3 Å². The van der Waals surface area contributed by atoms with Gasteiger partial charge in [-0.3, -0.25) is 0 Å². The molecule has 1 N–H and O–H groups in total. The van der Waals surface area contributed by atoms with Gasteiger partial charge in [0, 0.05) is 6.61 Å². The first-order valence-corrected chi connectivity index (χ1v) is 9.29. The first-order chi connectivity index (χ1) is 10.3. The van der Waals surface area contributed by atoms with Gasteiger partial charge in [-0.2, -0.15) is 16.9 Å². The topological polar surface area (TPSA) is 52.0 Å². The maximum absolute atomic E-state index is 6.18. The highest BCUT2D eigenvalue weighted by Gasteiger charge is 2.40. The molecule has 1 aromatic heterocycles. The molecule has 2 fully saturated rings. The number of thioether (sulfide) groups is 1. The number of ether oxygens (including phenoxy) is 1. The van der Waals surface area contributed by atoms with Crippen LogP contribution in [0.3, 0.4) is 0 Å². The number of nitrogens with zero attached hydrogens (tertiary/aromatic N) is 3. The SMILES string of the molecule is CCCNCc1ncnn1C1CCOC2(CCSCC2)C1. The monoisotopic (exact) mass is 310 g/mol. The summed E-state index contributed by atoms with van der Waals surface area (Å²) in [6, 6.07) is 0.447. The van der Waals surface area contributed by atoms with Gasteiger partial charge >= 0.3 is 0 Å². The minimum atomic E-state index is 0.105. The van der Waals surface area contributed by atoms with E-state index >= 15 is 0 Å². The summed E-state index contributed by atoms with van der Waals surface area (Å²) in [5, 5.41) is 7.93. The molecule has 3 heterocycles. The highest BCUT2D eigenvalue weighted by Crippen LogP contribution is 2.41. The highest BCUT2D eigenvalue weighted by molar-refractivity contribution is 7.99. The third kappa shape index (κ3) is 3.60. The third-order valence-electron chi connectivity index (χ3n) is 4.57. The lowest BCUT2D eigenvalue weighted by molar-refractivity contribution is -0.101. The first kappa shape index (κ1) is 15.3. The standard InChI is InChI=1S/C15H26N4OS/c1-2-6-16-11-14-17-12-18-19(14)13-3-7-20-15(10-13)4-8-21-9-5-15/h12-13,16H,2-11H2,1H3. The van der Waals surface area contributed by atoms with Crippen molar-refractivity contribution >= 4 is 11.8 Å². The molecule has 6 heteroatoms. The summed E-state index contributed by atoms with van der Waals surface area (Å²) in [6.07, 6.45) is 7.36. The quantitative estimate of drug-likeness (QED) is 0.846. The van der Waals surface area contributed by atoms with Crippen LogP contribution >= 0.6 is 11.8 Å². The molecule has 2 aliphatic rings. The minimum absolute atomic E-state index is 0.105. The summed E-state index contributed by atoms with van der Waals surface area (Å²) in [6.45, 7) is 4.88. The summed E-state index contributed by atoms with van der Waals surface area (Å²) in [5.74, 6) is 3.53. The summed E-state index contributed by atoms with van der Waals surface area (Å²) < 4.78 is 8.33. The summed E-state index contributed by atoms with van der Waals surface area (Å²) in [4.78, 5) is 4.44. The molecule has 21 heavy (non-hydrogen) atoms. The fraction of sp³-hybridized carbons (Fsp3) is 0.867. The van der Waals surface area contributed by atoms with Crippen molar-refractivity contribution in [3.05, 3.63) is 12.2 Å². The van der Waals surface area contributed by atoms with Gasteiger partial charge in [-0.05, 0) is 50.2 Å². The fourth-order valence-electron chi connectivity index (χ4n) is 3.39. The number of rotatable bonds is 5. The van der Waals surface area contributed by atoms with Crippen LogP contribution in [0.15, 0.2) is 6.33 Å². The Hall–Kier alpha value is -0.590. The van der Waals surface area contributed by atoms with Crippen LogP contribution in [0.5, 0.6) is 0 Å². The van der Waals surface area contributed by atoms with Crippen LogP contribution in [-0.2, 0) is 11.3 Å². The van der Waals surface area contributed by atoms with E-state index in [1.54, 1.807) is 6.33 Å². The Labute approximate surface area is 131 Å². The van der Waals surface area contributed by atoms with Gasteiger partial charge in [0.2, 0.25) is 0 Å². The van der Waals surface area contributed by atoms with E-state index in [-0.39, 0.29) is 5.60 Å². The Bertz CT molecular complexity index is 439. The van der Waals surface area contributed by atoms with Crippen molar-refractivity contribution in [2.75, 3.05) is 24.7 Å². The average Bonchev–Trinajstić information content (AvgIpc) is 2.97. The zero-order chi connectivity index (χ0) is 14.5. The van der Waals surface area contributed by atoms with Gasteiger partial charge in [0.15, 0.2) is 0 Å². The Kier molecular flexibility index (Phi) is 5.19. The Morgan fingerprint density at radius 2 is 2.33 bits per heavy atom. The lowest BCUT2D eigenvalue weighted by Gasteiger charge is -2.43. The summed E-state index contributed by atoms with van der Waals surface area (Å²) in [5.41, 5.74) is 0.105. The van der Waals surface area contributed by atoms with Crippen molar-refractivity contribution in [2.45, 2.75) is 57.2 Å². The average molecular weight is 310 g/mol. The zero-order valence-corrected chi connectivity index (χ0v) is 13.7. The van der Waals surface area contributed by atoms with Gasteiger partial charge in [-0.15, -0.1) is 0 Å². The molecule has 2 saturated heterocycles. The van der Waals surface area contributed by atoms with Crippen LogP contribution in [-0.4, -0.2) is 45.0 Å². The van der Waals surface area contributed by atoms with Crippen LogP contribution in [0.4, 0.5) is 0 Å². The zero-order valence-electron chi connectivity index (χ0n) is 12.9. The fourth-order valence-corrected chi connectivity index (χ4v) is 4.62. The number of hydrogen-bond acceptors (Lipinski definition) is 5. The van der Waals surface area contributed by atoms with E-state index in [0.717, 1.165) is 44.8 Å². The smallest absolute Gasteiger partial charge is 0.141 e. The van der Waals surface area contributed by atoms with Crippen molar-refractivity contribution in [1.29, 1.82) is 0 Å². The van der Waals surface area contributed by atoms with Crippen LogP contribution in [0.1, 0.15) is 50.9 Å². The molecule has 0 saturated carbocycles. The minimum Gasteiger partial charge on any atom is -0.375 e. The van der Waals surface area contributed by atoms with Crippen molar-refractivity contribution in [1.82, 2.24) is 20.1 Å². The lowest BCUT2D eigenvalue weighted by atomic mass is 9.85. The normalized spacial score (nSPS) is 25.3. The number of hydrogen-bond donors (Lipinski definition) is 1. The van der Waals surface area contributed by atoms with Crippen LogP contribution in [0.25, 0.3) is 0 Å².